The van der Waals surface area contributed by atoms with E-state index in [0.29, 0.717) is 5.69 Å². The summed E-state index contributed by atoms with van der Waals surface area (Å²) in [6.45, 7) is 5.95. The van der Waals surface area contributed by atoms with Gasteiger partial charge in [0.2, 0.25) is 0 Å². The van der Waals surface area contributed by atoms with Gasteiger partial charge in [-0.25, -0.2) is 4.39 Å². The molecule has 0 spiro atoms. The molecular weight excluding hydrogens is 243 g/mol. The van der Waals surface area contributed by atoms with Crippen molar-refractivity contribution in [2.24, 2.45) is 0 Å². The standard InChI is InChI=1S/C15H23FN2O/c1-15(2)8-9-17(3)10-12(11-19)18(15)14-7-5-4-6-13(14)16/h4-7,12,19H,8-11H2,1-3H3. The summed E-state index contributed by atoms with van der Waals surface area (Å²) in [5.74, 6) is -0.224. The fraction of sp³-hybridized carbons (Fsp3) is 0.600. The van der Waals surface area contributed by atoms with Crippen molar-refractivity contribution in [2.45, 2.75) is 31.8 Å². The Hall–Kier alpha value is -1.13. The van der Waals surface area contributed by atoms with Crippen LogP contribution < -0.4 is 4.90 Å². The fourth-order valence-electron chi connectivity index (χ4n) is 2.92. The minimum absolute atomic E-state index is 0.0299. The molecule has 106 valence electrons. The van der Waals surface area contributed by atoms with Crippen molar-refractivity contribution in [3.05, 3.63) is 30.1 Å². The number of anilines is 1. The summed E-state index contributed by atoms with van der Waals surface area (Å²) in [7, 11) is 2.05. The second-order valence-electron chi connectivity index (χ2n) is 5.98. The molecule has 2 rings (SSSR count). The Labute approximate surface area is 114 Å². The number of aliphatic hydroxyl groups excluding tert-OH is 1. The van der Waals surface area contributed by atoms with Crippen LogP contribution in [0.4, 0.5) is 10.1 Å². The molecule has 1 atom stereocenters. The van der Waals surface area contributed by atoms with Gasteiger partial charge in [-0.15, -0.1) is 0 Å². The predicted molar refractivity (Wildman–Crippen MR) is 75.9 cm³/mol. The SMILES string of the molecule is CN1CCC(C)(C)N(c2ccccc2F)C(CO)C1. The molecule has 1 unspecified atom stereocenters. The van der Waals surface area contributed by atoms with Crippen LogP contribution >= 0.6 is 0 Å². The second-order valence-corrected chi connectivity index (χ2v) is 5.98. The molecule has 0 aliphatic carbocycles. The Kier molecular flexibility index (Phi) is 4.11. The molecule has 1 N–H and O–H groups in total. The van der Waals surface area contributed by atoms with Crippen LogP contribution in [0.15, 0.2) is 24.3 Å². The molecule has 1 heterocycles. The maximum Gasteiger partial charge on any atom is 0.146 e. The zero-order valence-corrected chi connectivity index (χ0v) is 11.9. The molecule has 0 bridgehead atoms. The lowest BCUT2D eigenvalue weighted by atomic mass is 9.95. The highest BCUT2D eigenvalue weighted by molar-refractivity contribution is 5.51. The number of aliphatic hydroxyl groups is 1. The number of rotatable bonds is 2. The summed E-state index contributed by atoms with van der Waals surface area (Å²) >= 11 is 0. The predicted octanol–water partition coefficient (Wildman–Crippen LogP) is 2.11. The molecule has 1 aliphatic rings. The van der Waals surface area contributed by atoms with E-state index in [4.69, 9.17) is 0 Å². The quantitative estimate of drug-likeness (QED) is 0.888. The van der Waals surface area contributed by atoms with Gasteiger partial charge < -0.3 is 14.9 Å². The molecule has 1 fully saturated rings. The van der Waals surface area contributed by atoms with Gasteiger partial charge in [-0.3, -0.25) is 0 Å². The number of halogens is 1. The Bertz CT molecular complexity index is 436. The smallest absolute Gasteiger partial charge is 0.146 e. The number of hydrogen-bond acceptors (Lipinski definition) is 3. The summed E-state index contributed by atoms with van der Waals surface area (Å²) in [6.07, 6.45) is 0.939. The Morgan fingerprint density at radius 3 is 2.68 bits per heavy atom. The molecule has 4 heteroatoms. The van der Waals surface area contributed by atoms with Crippen molar-refractivity contribution in [2.75, 3.05) is 31.6 Å². The van der Waals surface area contributed by atoms with E-state index in [1.807, 2.05) is 18.0 Å². The topological polar surface area (TPSA) is 26.7 Å². The zero-order valence-electron chi connectivity index (χ0n) is 11.9. The minimum atomic E-state index is -0.224. The first kappa shape index (κ1) is 14.3. The van der Waals surface area contributed by atoms with Crippen molar-refractivity contribution >= 4 is 5.69 Å². The van der Waals surface area contributed by atoms with Crippen molar-refractivity contribution in [1.29, 1.82) is 0 Å². The van der Waals surface area contributed by atoms with E-state index >= 15 is 0 Å². The average molecular weight is 266 g/mol. The molecular formula is C15H23FN2O. The number of hydrogen-bond donors (Lipinski definition) is 1. The Morgan fingerprint density at radius 2 is 2.05 bits per heavy atom. The lowest BCUT2D eigenvalue weighted by Gasteiger charge is -2.43. The van der Waals surface area contributed by atoms with E-state index in [1.54, 1.807) is 12.1 Å². The van der Waals surface area contributed by atoms with Gasteiger partial charge in [0.1, 0.15) is 5.82 Å². The highest BCUT2D eigenvalue weighted by atomic mass is 19.1. The maximum absolute atomic E-state index is 14.1. The van der Waals surface area contributed by atoms with Gasteiger partial charge in [0.25, 0.3) is 0 Å². The summed E-state index contributed by atoms with van der Waals surface area (Å²) in [5.41, 5.74) is 0.405. The molecule has 0 amide bonds. The first-order chi connectivity index (χ1) is 8.95. The van der Waals surface area contributed by atoms with E-state index in [-0.39, 0.29) is 24.0 Å². The van der Waals surface area contributed by atoms with Crippen LogP contribution in [-0.2, 0) is 0 Å². The molecule has 0 radical (unpaired) electrons. The molecule has 3 nitrogen and oxygen atoms in total. The molecule has 1 aromatic rings. The van der Waals surface area contributed by atoms with Crippen LogP contribution in [0.3, 0.4) is 0 Å². The molecule has 19 heavy (non-hydrogen) atoms. The molecule has 1 aliphatic heterocycles. The summed E-state index contributed by atoms with van der Waals surface area (Å²) in [5, 5.41) is 9.70. The minimum Gasteiger partial charge on any atom is -0.394 e. The van der Waals surface area contributed by atoms with Gasteiger partial charge in [0, 0.05) is 18.6 Å². The van der Waals surface area contributed by atoms with E-state index in [9.17, 15) is 9.50 Å². The van der Waals surface area contributed by atoms with E-state index in [2.05, 4.69) is 18.7 Å². The Balaban J connectivity index is 2.44. The molecule has 0 saturated carbocycles. The number of para-hydroxylation sites is 1. The highest BCUT2D eigenvalue weighted by Crippen LogP contribution is 2.33. The first-order valence-electron chi connectivity index (χ1n) is 6.79. The zero-order chi connectivity index (χ0) is 14.0. The average Bonchev–Trinajstić information content (AvgIpc) is 2.48. The molecule has 0 aromatic heterocycles. The number of benzene rings is 1. The lowest BCUT2D eigenvalue weighted by Crippen LogP contribution is -2.53. The number of likely N-dealkylation sites (N-methyl/N-ethyl adjacent to an activating group) is 1. The van der Waals surface area contributed by atoms with Crippen LogP contribution in [0, 0.1) is 5.82 Å². The third kappa shape index (κ3) is 2.90. The van der Waals surface area contributed by atoms with Gasteiger partial charge in [-0.05, 0) is 39.4 Å². The van der Waals surface area contributed by atoms with Crippen LogP contribution in [0.5, 0.6) is 0 Å². The van der Waals surface area contributed by atoms with Crippen LogP contribution in [0.1, 0.15) is 20.3 Å². The van der Waals surface area contributed by atoms with Crippen molar-refractivity contribution in [3.8, 4) is 0 Å². The molecule has 1 aromatic carbocycles. The monoisotopic (exact) mass is 266 g/mol. The normalized spacial score (nSPS) is 24.3. The van der Waals surface area contributed by atoms with Gasteiger partial charge in [-0.2, -0.15) is 0 Å². The van der Waals surface area contributed by atoms with E-state index in [1.165, 1.54) is 6.07 Å². The van der Waals surface area contributed by atoms with E-state index in [0.717, 1.165) is 19.5 Å². The van der Waals surface area contributed by atoms with Crippen LogP contribution in [0.2, 0.25) is 0 Å². The number of nitrogens with zero attached hydrogens (tertiary/aromatic N) is 2. The summed E-state index contributed by atoms with van der Waals surface area (Å²) in [6, 6.07) is 6.74. The van der Waals surface area contributed by atoms with Gasteiger partial charge in [0.15, 0.2) is 0 Å². The third-order valence-electron chi connectivity index (χ3n) is 3.97. The second kappa shape index (κ2) is 5.47. The van der Waals surface area contributed by atoms with Crippen molar-refractivity contribution in [3.63, 3.8) is 0 Å². The summed E-state index contributed by atoms with van der Waals surface area (Å²) < 4.78 is 14.1. The largest absolute Gasteiger partial charge is 0.394 e. The maximum atomic E-state index is 14.1. The van der Waals surface area contributed by atoms with Gasteiger partial charge in [0.05, 0.1) is 18.3 Å². The molecule has 1 saturated heterocycles. The summed E-state index contributed by atoms with van der Waals surface area (Å²) in [4.78, 5) is 4.25. The van der Waals surface area contributed by atoms with Crippen LogP contribution in [-0.4, -0.2) is 48.3 Å². The van der Waals surface area contributed by atoms with Crippen molar-refractivity contribution < 1.29 is 9.50 Å². The Morgan fingerprint density at radius 1 is 1.37 bits per heavy atom. The first-order valence-corrected chi connectivity index (χ1v) is 6.79. The van der Waals surface area contributed by atoms with Crippen molar-refractivity contribution in [1.82, 2.24) is 4.90 Å². The van der Waals surface area contributed by atoms with E-state index < -0.39 is 0 Å². The van der Waals surface area contributed by atoms with Gasteiger partial charge >= 0.3 is 0 Å². The third-order valence-corrected chi connectivity index (χ3v) is 3.97. The van der Waals surface area contributed by atoms with Crippen LogP contribution in [0.25, 0.3) is 0 Å². The highest BCUT2D eigenvalue weighted by Gasteiger charge is 2.36. The lowest BCUT2D eigenvalue weighted by molar-refractivity contribution is 0.223. The van der Waals surface area contributed by atoms with Gasteiger partial charge in [-0.1, -0.05) is 12.1 Å². The fourth-order valence-corrected chi connectivity index (χ4v) is 2.92.